The predicted octanol–water partition coefficient (Wildman–Crippen LogP) is 2.79. The molecule has 0 amide bonds. The highest BCUT2D eigenvalue weighted by atomic mass is 15.0. The van der Waals surface area contributed by atoms with E-state index in [4.69, 9.17) is 0 Å². The summed E-state index contributed by atoms with van der Waals surface area (Å²) < 4.78 is 2.37. The molecule has 17 heavy (non-hydrogen) atoms. The van der Waals surface area contributed by atoms with E-state index in [9.17, 15) is 0 Å². The minimum Gasteiger partial charge on any atom is -0.334 e. The molecule has 0 aromatic carbocycles. The van der Waals surface area contributed by atoms with E-state index < -0.39 is 0 Å². The van der Waals surface area contributed by atoms with Crippen LogP contribution in [-0.2, 0) is 6.54 Å². The second-order valence-electron chi connectivity index (χ2n) is 5.17. The van der Waals surface area contributed by atoms with Gasteiger partial charge in [0.25, 0.3) is 0 Å². The molecule has 1 saturated heterocycles. The third-order valence-electron chi connectivity index (χ3n) is 4.09. The lowest BCUT2D eigenvalue weighted by Crippen LogP contribution is -2.13. The van der Waals surface area contributed by atoms with E-state index in [2.05, 4.69) is 34.9 Å². The quantitative estimate of drug-likeness (QED) is 0.821. The summed E-state index contributed by atoms with van der Waals surface area (Å²) in [6.07, 6.45) is 9.13. The largest absolute Gasteiger partial charge is 0.334 e. The van der Waals surface area contributed by atoms with Crippen molar-refractivity contribution in [3.05, 3.63) is 18.2 Å². The Morgan fingerprint density at radius 1 is 1.47 bits per heavy atom. The molecule has 2 heterocycles. The summed E-state index contributed by atoms with van der Waals surface area (Å²) in [5, 5.41) is 3.44. The third-order valence-corrected chi connectivity index (χ3v) is 4.09. The van der Waals surface area contributed by atoms with Crippen LogP contribution in [0.25, 0.3) is 0 Å². The Labute approximate surface area is 105 Å². The molecular formula is C14H25N3. The first kappa shape index (κ1) is 12.6. The van der Waals surface area contributed by atoms with Crippen molar-refractivity contribution in [2.24, 2.45) is 5.92 Å². The standard InChI is InChI=1S/C14H25N3/c1-3-13(4-2)14-10-16-11-17(14)8-6-12-5-7-15-9-12/h10-13,15H,3-9H2,1-2H3. The molecule has 1 fully saturated rings. The average Bonchev–Trinajstić information content (AvgIpc) is 2.99. The molecule has 1 aliphatic heterocycles. The molecule has 96 valence electrons. The summed E-state index contributed by atoms with van der Waals surface area (Å²) in [4.78, 5) is 4.33. The fourth-order valence-electron chi connectivity index (χ4n) is 2.85. The minimum absolute atomic E-state index is 0.680. The van der Waals surface area contributed by atoms with E-state index in [1.165, 1.54) is 44.5 Å². The van der Waals surface area contributed by atoms with E-state index in [1.54, 1.807) is 0 Å². The molecule has 0 bridgehead atoms. The minimum atomic E-state index is 0.680. The second-order valence-corrected chi connectivity index (χ2v) is 5.17. The van der Waals surface area contributed by atoms with Crippen LogP contribution in [0.15, 0.2) is 12.5 Å². The lowest BCUT2D eigenvalue weighted by molar-refractivity contribution is 0.461. The van der Waals surface area contributed by atoms with Gasteiger partial charge in [-0.2, -0.15) is 0 Å². The zero-order chi connectivity index (χ0) is 12.1. The molecule has 1 unspecified atom stereocenters. The highest BCUT2D eigenvalue weighted by molar-refractivity contribution is 5.05. The highest BCUT2D eigenvalue weighted by Crippen LogP contribution is 2.23. The molecule has 1 aromatic heterocycles. The number of imidazole rings is 1. The molecule has 1 atom stereocenters. The van der Waals surface area contributed by atoms with Gasteiger partial charge in [0.2, 0.25) is 0 Å². The lowest BCUT2D eigenvalue weighted by atomic mass is 9.99. The number of hydrogen-bond donors (Lipinski definition) is 1. The van der Waals surface area contributed by atoms with E-state index in [0.29, 0.717) is 5.92 Å². The Morgan fingerprint density at radius 2 is 2.29 bits per heavy atom. The summed E-state index contributed by atoms with van der Waals surface area (Å²) in [5.74, 6) is 1.55. The maximum absolute atomic E-state index is 4.33. The summed E-state index contributed by atoms with van der Waals surface area (Å²) in [7, 11) is 0. The van der Waals surface area contributed by atoms with Crippen LogP contribution in [0.2, 0.25) is 0 Å². The van der Waals surface area contributed by atoms with Gasteiger partial charge in [-0.3, -0.25) is 0 Å². The van der Waals surface area contributed by atoms with Crippen LogP contribution >= 0.6 is 0 Å². The third kappa shape index (κ3) is 3.09. The Kier molecular flexibility index (Phi) is 4.60. The van der Waals surface area contributed by atoms with Gasteiger partial charge < -0.3 is 9.88 Å². The number of aryl methyl sites for hydroxylation is 1. The predicted molar refractivity (Wildman–Crippen MR) is 71.1 cm³/mol. The zero-order valence-electron chi connectivity index (χ0n) is 11.2. The van der Waals surface area contributed by atoms with Crippen molar-refractivity contribution in [2.45, 2.75) is 52.0 Å². The van der Waals surface area contributed by atoms with Gasteiger partial charge in [-0.05, 0) is 44.7 Å². The molecule has 1 N–H and O–H groups in total. The fourth-order valence-corrected chi connectivity index (χ4v) is 2.85. The normalized spacial score (nSPS) is 20.3. The molecule has 1 aliphatic rings. The van der Waals surface area contributed by atoms with Gasteiger partial charge in [-0.1, -0.05) is 13.8 Å². The van der Waals surface area contributed by atoms with Crippen molar-refractivity contribution < 1.29 is 0 Å². The molecule has 0 radical (unpaired) electrons. The Hall–Kier alpha value is -0.830. The van der Waals surface area contributed by atoms with Crippen LogP contribution in [0.4, 0.5) is 0 Å². The summed E-state index contributed by atoms with van der Waals surface area (Å²) in [6.45, 7) is 8.08. The fraction of sp³-hybridized carbons (Fsp3) is 0.786. The van der Waals surface area contributed by atoms with E-state index in [1.807, 2.05) is 6.33 Å². The summed E-state index contributed by atoms with van der Waals surface area (Å²) in [6, 6.07) is 0. The van der Waals surface area contributed by atoms with Gasteiger partial charge in [-0.15, -0.1) is 0 Å². The number of nitrogens with one attached hydrogen (secondary N) is 1. The van der Waals surface area contributed by atoms with Gasteiger partial charge in [0.05, 0.1) is 6.33 Å². The monoisotopic (exact) mass is 235 g/mol. The highest BCUT2D eigenvalue weighted by Gasteiger charge is 2.16. The molecule has 3 heteroatoms. The molecule has 0 aliphatic carbocycles. The van der Waals surface area contributed by atoms with Crippen LogP contribution in [-0.4, -0.2) is 22.6 Å². The molecule has 0 spiro atoms. The molecule has 3 nitrogen and oxygen atoms in total. The first-order valence-electron chi connectivity index (χ1n) is 7.05. The maximum Gasteiger partial charge on any atom is 0.0948 e. The van der Waals surface area contributed by atoms with E-state index in [-0.39, 0.29) is 0 Å². The summed E-state index contributed by atoms with van der Waals surface area (Å²) in [5.41, 5.74) is 1.43. The first-order chi connectivity index (χ1) is 8.35. The Morgan fingerprint density at radius 3 is 2.94 bits per heavy atom. The van der Waals surface area contributed by atoms with Crippen molar-refractivity contribution in [3.8, 4) is 0 Å². The Balaban J connectivity index is 1.93. The van der Waals surface area contributed by atoms with Gasteiger partial charge >= 0.3 is 0 Å². The summed E-state index contributed by atoms with van der Waals surface area (Å²) >= 11 is 0. The van der Waals surface area contributed by atoms with E-state index >= 15 is 0 Å². The van der Waals surface area contributed by atoms with Crippen molar-refractivity contribution in [3.63, 3.8) is 0 Å². The van der Waals surface area contributed by atoms with Crippen LogP contribution in [0.5, 0.6) is 0 Å². The molecule has 2 rings (SSSR count). The molecule has 0 saturated carbocycles. The topological polar surface area (TPSA) is 29.9 Å². The van der Waals surface area contributed by atoms with Gasteiger partial charge in [0, 0.05) is 24.4 Å². The second kappa shape index (κ2) is 6.20. The van der Waals surface area contributed by atoms with E-state index in [0.717, 1.165) is 12.5 Å². The van der Waals surface area contributed by atoms with Crippen molar-refractivity contribution >= 4 is 0 Å². The first-order valence-corrected chi connectivity index (χ1v) is 7.05. The number of rotatable bonds is 6. The van der Waals surface area contributed by atoms with Crippen molar-refractivity contribution in [1.82, 2.24) is 14.9 Å². The zero-order valence-corrected chi connectivity index (χ0v) is 11.2. The van der Waals surface area contributed by atoms with Gasteiger partial charge in [0.15, 0.2) is 0 Å². The lowest BCUT2D eigenvalue weighted by Gasteiger charge is -2.16. The molecule has 1 aromatic rings. The van der Waals surface area contributed by atoms with Gasteiger partial charge in [0.1, 0.15) is 0 Å². The average molecular weight is 235 g/mol. The molecular weight excluding hydrogens is 210 g/mol. The van der Waals surface area contributed by atoms with Gasteiger partial charge in [-0.25, -0.2) is 4.98 Å². The van der Waals surface area contributed by atoms with Crippen molar-refractivity contribution in [1.29, 1.82) is 0 Å². The SMILES string of the molecule is CCC(CC)c1cncn1CCC1CCNC1. The maximum atomic E-state index is 4.33. The van der Waals surface area contributed by atoms with Crippen LogP contribution in [0.1, 0.15) is 51.1 Å². The number of nitrogens with zero attached hydrogens (tertiary/aromatic N) is 2. The van der Waals surface area contributed by atoms with Crippen molar-refractivity contribution in [2.75, 3.05) is 13.1 Å². The van der Waals surface area contributed by atoms with Crippen LogP contribution in [0, 0.1) is 5.92 Å². The number of aromatic nitrogens is 2. The van der Waals surface area contributed by atoms with Crippen LogP contribution < -0.4 is 5.32 Å². The van der Waals surface area contributed by atoms with Crippen LogP contribution in [0.3, 0.4) is 0 Å². The number of hydrogen-bond acceptors (Lipinski definition) is 2. The smallest absolute Gasteiger partial charge is 0.0948 e. The Bertz CT molecular complexity index is 322.